The predicted molar refractivity (Wildman–Crippen MR) is 160 cm³/mol. The summed E-state index contributed by atoms with van der Waals surface area (Å²) in [7, 11) is 0. The van der Waals surface area contributed by atoms with Gasteiger partial charge in [-0.2, -0.15) is 18.4 Å². The Morgan fingerprint density at radius 3 is 2.53 bits per heavy atom. The lowest BCUT2D eigenvalue weighted by atomic mass is 9.98. The molecule has 3 amide bonds. The summed E-state index contributed by atoms with van der Waals surface area (Å²) in [6, 6.07) is 4.13. The summed E-state index contributed by atoms with van der Waals surface area (Å²) in [4.78, 5) is 45.6. The van der Waals surface area contributed by atoms with Crippen molar-refractivity contribution in [2.75, 3.05) is 6.54 Å². The molecule has 6 atom stereocenters. The molecule has 0 radical (unpaired) electrons. The van der Waals surface area contributed by atoms with Crippen LogP contribution in [0.25, 0.3) is 10.8 Å². The van der Waals surface area contributed by atoms with Gasteiger partial charge in [-0.25, -0.2) is 0 Å². The van der Waals surface area contributed by atoms with Crippen LogP contribution in [-0.4, -0.2) is 70.2 Å². The van der Waals surface area contributed by atoms with Crippen LogP contribution in [0.5, 0.6) is 0 Å². The first-order valence-corrected chi connectivity index (χ1v) is 16.0. The highest BCUT2D eigenvalue weighted by molar-refractivity contribution is 9.10. The molecule has 2 heterocycles. The molecule has 2 N–H and O–H groups in total. The summed E-state index contributed by atoms with van der Waals surface area (Å²) in [6.07, 6.45) is 0.647. The quantitative estimate of drug-likeness (QED) is 0.381. The summed E-state index contributed by atoms with van der Waals surface area (Å²) in [5.41, 5.74) is -0.0260. The van der Waals surface area contributed by atoms with E-state index in [4.69, 9.17) is 4.74 Å². The second kappa shape index (κ2) is 11.2. The lowest BCUT2D eigenvalue weighted by Crippen LogP contribution is -2.61. The first-order chi connectivity index (χ1) is 21.2. The number of rotatable bonds is 10. The molecule has 240 valence electrons. The van der Waals surface area contributed by atoms with E-state index in [1.807, 2.05) is 37.4 Å². The molecule has 3 saturated carbocycles. The minimum Gasteiger partial charge on any atom is -0.369 e. The van der Waals surface area contributed by atoms with Gasteiger partial charge in [-0.1, -0.05) is 41.9 Å². The molecule has 1 aromatic carbocycles. The average Bonchev–Trinajstić information content (AvgIpc) is 3.93. The molecule has 1 unspecified atom stereocenters. The second-order valence-corrected chi connectivity index (χ2v) is 14.4. The summed E-state index contributed by atoms with van der Waals surface area (Å²) in [5.74, 6) is -3.62. The van der Waals surface area contributed by atoms with Crippen LogP contribution in [0.4, 0.5) is 13.2 Å². The van der Waals surface area contributed by atoms with Crippen molar-refractivity contribution < 1.29 is 32.3 Å². The van der Waals surface area contributed by atoms with E-state index in [1.165, 1.54) is 11.8 Å². The van der Waals surface area contributed by atoms with E-state index in [2.05, 4.69) is 32.3 Å². The van der Waals surface area contributed by atoms with Gasteiger partial charge in [0, 0.05) is 40.6 Å². The molecule has 6 rings (SSSR count). The monoisotopic (exact) mass is 689 g/mol. The third kappa shape index (κ3) is 5.91. The number of nitrogens with one attached hydrogen (secondary N) is 2. The van der Waals surface area contributed by atoms with Gasteiger partial charge >= 0.3 is 12.1 Å². The minimum atomic E-state index is -5.20. The molecule has 4 aliphatic rings. The van der Waals surface area contributed by atoms with Gasteiger partial charge in [0.2, 0.25) is 11.8 Å². The first-order valence-electron chi connectivity index (χ1n) is 15.2. The van der Waals surface area contributed by atoms with Gasteiger partial charge in [0.1, 0.15) is 18.1 Å². The first kappa shape index (κ1) is 31.7. The van der Waals surface area contributed by atoms with Crippen molar-refractivity contribution in [3.05, 3.63) is 40.6 Å². The van der Waals surface area contributed by atoms with Crippen molar-refractivity contribution in [1.29, 1.82) is 5.26 Å². The molecule has 1 aliphatic heterocycles. The summed E-state index contributed by atoms with van der Waals surface area (Å²) < 4.78 is 47.2. The maximum atomic E-state index is 14.1. The zero-order valence-electron chi connectivity index (χ0n) is 25.2. The van der Waals surface area contributed by atoms with E-state index < -0.39 is 53.7 Å². The molecule has 1 saturated heterocycles. The summed E-state index contributed by atoms with van der Waals surface area (Å²) in [5, 5.41) is 16.4. The van der Waals surface area contributed by atoms with Crippen molar-refractivity contribution >= 4 is 44.4 Å². The van der Waals surface area contributed by atoms with Crippen LogP contribution in [0.3, 0.4) is 0 Å². The molecule has 9 nitrogen and oxygen atoms in total. The number of carbonyl (C=O) groups excluding carboxylic acids is 3. The highest BCUT2D eigenvalue weighted by Crippen LogP contribution is 2.65. The van der Waals surface area contributed by atoms with Crippen LogP contribution >= 0.6 is 15.9 Å². The summed E-state index contributed by atoms with van der Waals surface area (Å²) in [6.45, 7) is 5.60. The summed E-state index contributed by atoms with van der Waals surface area (Å²) >= 11 is 3.55. The van der Waals surface area contributed by atoms with Gasteiger partial charge in [0.05, 0.1) is 17.8 Å². The molecule has 0 spiro atoms. The van der Waals surface area contributed by atoms with E-state index in [1.54, 1.807) is 12.4 Å². The largest absolute Gasteiger partial charge is 0.471 e. The normalized spacial score (nSPS) is 26.3. The van der Waals surface area contributed by atoms with Gasteiger partial charge in [-0.05, 0) is 67.4 Å². The zero-order valence-corrected chi connectivity index (χ0v) is 26.7. The van der Waals surface area contributed by atoms with Gasteiger partial charge in [0.15, 0.2) is 0 Å². The molecule has 2 aromatic rings. The van der Waals surface area contributed by atoms with Crippen LogP contribution in [0.2, 0.25) is 0 Å². The predicted octanol–water partition coefficient (Wildman–Crippen LogP) is 4.43. The van der Waals surface area contributed by atoms with Crippen molar-refractivity contribution in [1.82, 2.24) is 20.5 Å². The SMILES string of the molecule is C[C@@H](OC1(C2CC2)CC1)[C@H](NC(=O)C(F)(F)F)C(=O)N1C[C@H]2[C@@H]([C@H]1C(=O)NC(C#N)Cc1cncc3cccc(Br)c13)C2(C)C. The van der Waals surface area contributed by atoms with E-state index in [9.17, 15) is 32.8 Å². The van der Waals surface area contributed by atoms with E-state index in [0.717, 1.165) is 46.5 Å². The Morgan fingerprint density at radius 2 is 1.91 bits per heavy atom. The number of piperidine rings is 1. The average molecular weight is 691 g/mol. The Morgan fingerprint density at radius 1 is 1.20 bits per heavy atom. The second-order valence-electron chi connectivity index (χ2n) is 13.5. The van der Waals surface area contributed by atoms with Crippen LogP contribution in [0, 0.1) is 34.5 Å². The molecular weight excluding hydrogens is 655 g/mol. The number of pyridine rings is 1. The maximum Gasteiger partial charge on any atom is 0.471 e. The molecule has 0 bridgehead atoms. The smallest absolute Gasteiger partial charge is 0.369 e. The fourth-order valence-electron chi connectivity index (χ4n) is 7.41. The highest BCUT2D eigenvalue weighted by Gasteiger charge is 2.70. The fourth-order valence-corrected chi connectivity index (χ4v) is 8.04. The van der Waals surface area contributed by atoms with E-state index in [0.29, 0.717) is 5.92 Å². The van der Waals surface area contributed by atoms with Crippen molar-refractivity contribution in [2.24, 2.45) is 23.2 Å². The standard InChI is InChI=1S/C32H35BrF3N5O4/c1-16(45-31(9-10-31)19-7-8-19)25(40-29(44)32(34,35)36)28(43)41-15-21-24(30(21,2)3)26(41)27(42)39-20(12-37)11-18-14-38-13-17-5-4-6-22(33)23(17)18/h4-6,13-14,16,19-21,24-26H,7-11,15H2,1-3H3,(H,39,42)(H,40,44)/t16-,20?,21+,24+,25+,26+/m1/s1. The van der Waals surface area contributed by atoms with Crippen LogP contribution in [-0.2, 0) is 25.5 Å². The lowest BCUT2D eigenvalue weighted by Gasteiger charge is -2.36. The Hall–Kier alpha value is -3.24. The number of ether oxygens (including phenoxy) is 1. The number of carbonyl (C=O) groups is 3. The number of nitrogens with zero attached hydrogens (tertiary/aromatic N) is 3. The third-order valence-corrected chi connectivity index (χ3v) is 10.9. The van der Waals surface area contributed by atoms with Crippen LogP contribution in [0.1, 0.15) is 52.0 Å². The number of fused-ring (bicyclic) bond motifs is 2. The fraction of sp³-hybridized carbons (Fsp3) is 0.594. The lowest BCUT2D eigenvalue weighted by molar-refractivity contribution is -0.177. The maximum absolute atomic E-state index is 14.1. The number of nitriles is 1. The molecular formula is C32H35BrF3N5O4. The number of hydrogen-bond donors (Lipinski definition) is 2. The Balaban J connectivity index is 1.23. The molecule has 1 aromatic heterocycles. The molecule has 13 heteroatoms. The highest BCUT2D eigenvalue weighted by atomic mass is 79.9. The number of hydrogen-bond acceptors (Lipinski definition) is 6. The van der Waals surface area contributed by atoms with Crippen molar-refractivity contribution in [3.8, 4) is 6.07 Å². The van der Waals surface area contributed by atoms with Crippen LogP contribution < -0.4 is 10.6 Å². The van der Waals surface area contributed by atoms with Crippen molar-refractivity contribution in [3.63, 3.8) is 0 Å². The number of alkyl halides is 3. The zero-order chi connectivity index (χ0) is 32.5. The topological polar surface area (TPSA) is 124 Å². The number of halogens is 4. The van der Waals surface area contributed by atoms with Gasteiger partial charge in [-0.3, -0.25) is 19.4 Å². The Labute approximate surface area is 267 Å². The number of benzene rings is 1. The Kier molecular flexibility index (Phi) is 7.92. The number of aromatic nitrogens is 1. The van der Waals surface area contributed by atoms with Crippen molar-refractivity contribution in [2.45, 2.75) is 88.9 Å². The molecule has 3 aliphatic carbocycles. The Bertz CT molecular complexity index is 1580. The number of likely N-dealkylation sites (tertiary alicyclic amines) is 1. The van der Waals surface area contributed by atoms with E-state index >= 15 is 0 Å². The van der Waals surface area contributed by atoms with Gasteiger partial charge in [0.25, 0.3) is 0 Å². The molecule has 4 fully saturated rings. The third-order valence-electron chi connectivity index (χ3n) is 10.2. The number of amides is 3. The van der Waals surface area contributed by atoms with Gasteiger partial charge in [-0.15, -0.1) is 0 Å². The minimum absolute atomic E-state index is 0.0626. The van der Waals surface area contributed by atoms with Gasteiger partial charge < -0.3 is 20.3 Å². The van der Waals surface area contributed by atoms with Crippen LogP contribution in [0.15, 0.2) is 35.1 Å². The van der Waals surface area contributed by atoms with E-state index in [-0.39, 0.29) is 30.2 Å². The molecule has 45 heavy (non-hydrogen) atoms.